The summed E-state index contributed by atoms with van der Waals surface area (Å²) < 4.78 is 5.51. The maximum Gasteiger partial charge on any atom is 0.410 e. The Balaban J connectivity index is 0.983. The predicted octanol–water partition coefficient (Wildman–Crippen LogP) is 4.85. The molecule has 2 saturated heterocycles. The summed E-state index contributed by atoms with van der Waals surface area (Å²) in [6.45, 7) is 6.64. The zero-order chi connectivity index (χ0) is 37.3. The van der Waals surface area contributed by atoms with Crippen LogP contribution in [0.3, 0.4) is 0 Å². The lowest BCUT2D eigenvalue weighted by atomic mass is 9.94. The van der Waals surface area contributed by atoms with E-state index in [4.69, 9.17) is 4.74 Å². The summed E-state index contributed by atoms with van der Waals surface area (Å²) in [6.07, 6.45) is 2.76. The Morgan fingerprint density at radius 2 is 1.15 bits per heavy atom. The number of hydrogen-bond acceptors (Lipinski definition) is 6. The van der Waals surface area contributed by atoms with Crippen molar-refractivity contribution in [2.45, 2.75) is 82.0 Å². The van der Waals surface area contributed by atoms with Gasteiger partial charge in [0.25, 0.3) is 11.8 Å². The minimum Gasteiger partial charge on any atom is -0.444 e. The molecule has 2 heterocycles. The Kier molecular flexibility index (Phi) is 10.3. The lowest BCUT2D eigenvalue weighted by molar-refractivity contribution is -0.133. The van der Waals surface area contributed by atoms with Gasteiger partial charge in [0.15, 0.2) is 0 Å². The van der Waals surface area contributed by atoms with Crippen molar-refractivity contribution >= 4 is 29.7 Å². The lowest BCUT2D eigenvalue weighted by Gasteiger charge is -2.34. The fourth-order valence-corrected chi connectivity index (χ4v) is 7.73. The molecule has 278 valence electrons. The van der Waals surface area contributed by atoms with Gasteiger partial charge in [0.1, 0.15) is 5.60 Å². The first kappa shape index (κ1) is 36.2. The molecule has 2 saturated carbocycles. The Labute approximate surface area is 310 Å². The van der Waals surface area contributed by atoms with E-state index < -0.39 is 23.5 Å². The summed E-state index contributed by atoms with van der Waals surface area (Å²) in [6, 6.07) is 26.4. The van der Waals surface area contributed by atoms with Gasteiger partial charge in [0.2, 0.25) is 11.8 Å². The van der Waals surface area contributed by atoms with Crippen molar-refractivity contribution in [3.05, 3.63) is 107 Å². The van der Waals surface area contributed by atoms with Crippen LogP contribution in [0, 0.1) is 11.8 Å². The third-order valence-electron chi connectivity index (χ3n) is 10.8. The quantitative estimate of drug-likeness (QED) is 0.290. The summed E-state index contributed by atoms with van der Waals surface area (Å²) >= 11 is 0. The van der Waals surface area contributed by atoms with E-state index in [1.54, 1.807) is 34.1 Å². The number of nitrogens with zero attached hydrogens (tertiary/aromatic N) is 2. The van der Waals surface area contributed by atoms with Crippen LogP contribution in [0.5, 0.6) is 0 Å². The number of piperidine rings is 1. The summed E-state index contributed by atoms with van der Waals surface area (Å²) in [5, 5.41) is 9.37. The number of carbonyl (C=O) groups excluding carboxylic acids is 5. The number of rotatable bonds is 9. The van der Waals surface area contributed by atoms with Crippen molar-refractivity contribution in [2.75, 3.05) is 26.2 Å². The largest absolute Gasteiger partial charge is 0.444 e. The summed E-state index contributed by atoms with van der Waals surface area (Å²) in [5.74, 6) is -1.91. The third kappa shape index (κ3) is 8.72. The first-order valence-electron chi connectivity index (χ1n) is 18.8. The molecule has 53 heavy (non-hydrogen) atoms. The van der Waals surface area contributed by atoms with Gasteiger partial charge in [-0.05, 0) is 81.8 Å². The fourth-order valence-electron chi connectivity index (χ4n) is 7.73. The highest BCUT2D eigenvalue weighted by molar-refractivity contribution is 5.99. The molecule has 0 radical (unpaired) electrons. The topological polar surface area (TPSA) is 137 Å². The molecule has 0 spiro atoms. The fraction of sp³-hybridized carbons (Fsp3) is 0.452. The van der Waals surface area contributed by atoms with Crippen LogP contribution < -0.4 is 16.0 Å². The van der Waals surface area contributed by atoms with Gasteiger partial charge in [-0.2, -0.15) is 0 Å². The highest BCUT2D eigenvalue weighted by Crippen LogP contribution is 2.42. The number of carbonyl (C=O) groups is 5. The van der Waals surface area contributed by atoms with E-state index in [9.17, 15) is 24.0 Å². The summed E-state index contributed by atoms with van der Waals surface area (Å²) in [7, 11) is 0. The van der Waals surface area contributed by atoms with E-state index in [2.05, 4.69) is 40.2 Å². The lowest BCUT2D eigenvalue weighted by Crippen LogP contribution is -2.50. The normalized spacial score (nSPS) is 26.3. The number of likely N-dealkylation sites (tertiary alicyclic amines) is 2. The van der Waals surface area contributed by atoms with E-state index in [1.807, 2.05) is 57.2 Å². The maximum atomic E-state index is 13.8. The van der Waals surface area contributed by atoms with E-state index in [1.165, 1.54) is 11.1 Å². The SMILES string of the molecule is CC(C)(C)OC(=O)N1CCC[C@H](NC(=O)c2ccc(C(=O)N3C[C@@H](C(=O)N[C@H]4C[C@@H]4c4ccccc4)[C@H](C(=O)N[C@H]4C[C@@H]4c4ccccc4)C3)cc2)C1. The highest BCUT2D eigenvalue weighted by atomic mass is 16.6. The summed E-state index contributed by atoms with van der Waals surface area (Å²) in [5.41, 5.74) is 2.51. The molecule has 4 aliphatic rings. The summed E-state index contributed by atoms with van der Waals surface area (Å²) in [4.78, 5) is 70.4. The minimum absolute atomic E-state index is 0.00283. The van der Waals surface area contributed by atoms with Crippen molar-refractivity contribution in [3.63, 3.8) is 0 Å². The molecule has 0 aromatic heterocycles. The average molecular weight is 720 g/mol. The molecule has 3 aromatic rings. The monoisotopic (exact) mass is 719 g/mol. The molecule has 2 aliphatic carbocycles. The van der Waals surface area contributed by atoms with E-state index in [0.29, 0.717) is 24.2 Å². The Morgan fingerprint density at radius 3 is 1.66 bits per heavy atom. The van der Waals surface area contributed by atoms with Gasteiger partial charge in [-0.25, -0.2) is 4.79 Å². The zero-order valence-electron chi connectivity index (χ0n) is 30.6. The smallest absolute Gasteiger partial charge is 0.410 e. The standard InChI is InChI=1S/C42H49N5O6/c1-42(2,3)53-41(52)46-20-10-15-30(23-46)43-37(48)28-16-18-29(19-17-28)40(51)47-24-33(38(49)44-35-21-31(35)26-11-6-4-7-12-26)34(25-47)39(50)45-36-22-32(36)27-13-8-5-9-14-27/h4-9,11-14,16-19,30-36H,10,15,20-25H2,1-3H3,(H,43,48)(H,44,49)(H,45,50)/t30-,31+,32+,33+,34+,35-,36-/m0/s1. The molecule has 3 N–H and O–H groups in total. The van der Waals surface area contributed by atoms with Crippen LogP contribution in [-0.4, -0.2) is 89.4 Å². The molecular weight excluding hydrogens is 670 g/mol. The Hall–Kier alpha value is -5.19. The number of hydrogen-bond donors (Lipinski definition) is 3. The second-order valence-electron chi connectivity index (χ2n) is 16.0. The molecule has 0 unspecified atom stereocenters. The molecule has 11 nitrogen and oxygen atoms in total. The zero-order valence-corrected chi connectivity index (χ0v) is 30.6. The molecular formula is C42H49N5O6. The van der Waals surface area contributed by atoms with Gasteiger partial charge in [0.05, 0.1) is 11.8 Å². The van der Waals surface area contributed by atoms with Gasteiger partial charge < -0.3 is 30.5 Å². The van der Waals surface area contributed by atoms with Crippen molar-refractivity contribution < 1.29 is 28.7 Å². The Morgan fingerprint density at radius 1 is 0.642 bits per heavy atom. The molecule has 0 bridgehead atoms. The predicted molar refractivity (Wildman–Crippen MR) is 199 cm³/mol. The maximum absolute atomic E-state index is 13.8. The average Bonchev–Trinajstić information content (AvgIpc) is 4.06. The van der Waals surface area contributed by atoms with Crippen LogP contribution in [0.2, 0.25) is 0 Å². The van der Waals surface area contributed by atoms with Gasteiger partial charge in [-0.15, -0.1) is 0 Å². The number of nitrogens with one attached hydrogen (secondary N) is 3. The highest BCUT2D eigenvalue weighted by Gasteiger charge is 2.49. The second-order valence-corrected chi connectivity index (χ2v) is 16.0. The van der Waals surface area contributed by atoms with E-state index >= 15 is 0 Å². The number of benzene rings is 3. The van der Waals surface area contributed by atoms with E-state index in [0.717, 1.165) is 25.7 Å². The van der Waals surface area contributed by atoms with E-state index in [-0.39, 0.29) is 66.7 Å². The molecule has 7 rings (SSSR count). The van der Waals surface area contributed by atoms with Crippen LogP contribution in [0.4, 0.5) is 4.79 Å². The van der Waals surface area contributed by atoms with Crippen molar-refractivity contribution in [1.29, 1.82) is 0 Å². The van der Waals surface area contributed by atoms with Crippen LogP contribution in [0.15, 0.2) is 84.9 Å². The molecule has 11 heteroatoms. The first-order chi connectivity index (χ1) is 25.4. The molecule has 3 aromatic carbocycles. The van der Waals surface area contributed by atoms with Crippen molar-refractivity contribution in [2.24, 2.45) is 11.8 Å². The minimum atomic E-state index is -0.689. The second kappa shape index (κ2) is 15.0. The van der Waals surface area contributed by atoms with Crippen LogP contribution in [-0.2, 0) is 14.3 Å². The Bertz CT molecular complexity index is 1750. The first-order valence-corrected chi connectivity index (χ1v) is 18.8. The molecule has 4 fully saturated rings. The van der Waals surface area contributed by atoms with Crippen LogP contribution >= 0.6 is 0 Å². The third-order valence-corrected chi connectivity index (χ3v) is 10.8. The number of amides is 5. The molecule has 5 amide bonds. The van der Waals surface area contributed by atoms with Gasteiger partial charge >= 0.3 is 6.09 Å². The van der Waals surface area contributed by atoms with Gasteiger partial charge in [-0.1, -0.05) is 60.7 Å². The van der Waals surface area contributed by atoms with Crippen molar-refractivity contribution in [1.82, 2.24) is 25.8 Å². The van der Waals surface area contributed by atoms with Crippen LogP contribution in [0.1, 0.15) is 90.1 Å². The molecule has 7 atom stereocenters. The van der Waals surface area contributed by atoms with Crippen LogP contribution in [0.25, 0.3) is 0 Å². The van der Waals surface area contributed by atoms with Crippen molar-refractivity contribution in [3.8, 4) is 0 Å². The number of ether oxygens (including phenoxy) is 1. The molecule has 2 aliphatic heterocycles. The van der Waals surface area contributed by atoms with Gasteiger partial charge in [-0.3, -0.25) is 19.2 Å². The van der Waals surface area contributed by atoms with Gasteiger partial charge in [0, 0.05) is 67.3 Å².